The maximum absolute atomic E-state index is 13.0. The average Bonchev–Trinajstić information content (AvgIpc) is 2.08. The molecule has 2 N–H and O–H groups in total. The molecule has 0 fully saturated rings. The van der Waals surface area contributed by atoms with Crippen molar-refractivity contribution in [2.75, 3.05) is 0 Å². The lowest BCUT2D eigenvalue weighted by Crippen LogP contribution is -2.30. The van der Waals surface area contributed by atoms with Gasteiger partial charge in [0.2, 0.25) is 0 Å². The third-order valence-electron chi connectivity index (χ3n) is 1.92. The average molecular weight is 181 g/mol. The minimum absolute atomic E-state index is 0.122. The zero-order chi connectivity index (χ0) is 9.84. The molecule has 0 radical (unpaired) electrons. The molecule has 0 heterocycles. The Morgan fingerprint density at radius 3 is 2.69 bits per heavy atom. The van der Waals surface area contributed by atoms with E-state index in [0.29, 0.717) is 5.56 Å². The standard InChI is InChI=1S/C10H12FNO/c1-7(13)10(12)6-8-4-2-3-5-9(8)11/h2-5,10H,6,12H2,1H3/t10-/m1/s1. The molecule has 1 aromatic rings. The maximum atomic E-state index is 13.0. The Labute approximate surface area is 76.6 Å². The monoisotopic (exact) mass is 181 g/mol. The molecule has 0 saturated carbocycles. The first-order valence-corrected chi connectivity index (χ1v) is 4.10. The molecular formula is C10H12FNO. The minimum atomic E-state index is -0.600. The normalized spacial score (nSPS) is 12.5. The number of carbonyl (C=O) groups is 1. The van der Waals surface area contributed by atoms with Crippen molar-refractivity contribution >= 4 is 5.78 Å². The predicted molar refractivity (Wildman–Crippen MR) is 48.8 cm³/mol. The first-order valence-electron chi connectivity index (χ1n) is 4.10. The van der Waals surface area contributed by atoms with Gasteiger partial charge in [0.25, 0.3) is 0 Å². The molecular weight excluding hydrogens is 169 g/mol. The van der Waals surface area contributed by atoms with E-state index in [2.05, 4.69) is 0 Å². The summed E-state index contributed by atoms with van der Waals surface area (Å²) in [6, 6.07) is 5.74. The van der Waals surface area contributed by atoms with Crippen LogP contribution in [0.5, 0.6) is 0 Å². The van der Waals surface area contributed by atoms with Gasteiger partial charge in [-0.15, -0.1) is 0 Å². The van der Waals surface area contributed by atoms with Crippen molar-refractivity contribution in [2.24, 2.45) is 5.73 Å². The van der Waals surface area contributed by atoms with Crippen LogP contribution in [0.1, 0.15) is 12.5 Å². The molecule has 0 aliphatic rings. The van der Waals surface area contributed by atoms with Crippen LogP contribution in [0.3, 0.4) is 0 Å². The SMILES string of the molecule is CC(=O)[C@H](N)Cc1ccccc1F. The lowest BCUT2D eigenvalue weighted by atomic mass is 10.0. The summed E-state index contributed by atoms with van der Waals surface area (Å²) >= 11 is 0. The van der Waals surface area contributed by atoms with Crippen LogP contribution < -0.4 is 5.73 Å². The van der Waals surface area contributed by atoms with Gasteiger partial charge in [0, 0.05) is 0 Å². The maximum Gasteiger partial charge on any atom is 0.146 e. The highest BCUT2D eigenvalue weighted by Gasteiger charge is 2.11. The van der Waals surface area contributed by atoms with E-state index in [-0.39, 0.29) is 18.0 Å². The summed E-state index contributed by atoms with van der Waals surface area (Å²) in [5.74, 6) is -0.428. The molecule has 0 bridgehead atoms. The molecule has 13 heavy (non-hydrogen) atoms. The zero-order valence-electron chi connectivity index (χ0n) is 7.46. The van der Waals surface area contributed by atoms with E-state index in [1.165, 1.54) is 13.0 Å². The van der Waals surface area contributed by atoms with Crippen LogP contribution in [-0.2, 0) is 11.2 Å². The molecule has 2 nitrogen and oxygen atoms in total. The highest BCUT2D eigenvalue weighted by atomic mass is 19.1. The Hall–Kier alpha value is -1.22. The number of halogens is 1. The fourth-order valence-corrected chi connectivity index (χ4v) is 1.04. The van der Waals surface area contributed by atoms with E-state index in [4.69, 9.17) is 5.73 Å². The Kier molecular flexibility index (Phi) is 3.14. The van der Waals surface area contributed by atoms with E-state index in [0.717, 1.165) is 0 Å². The van der Waals surface area contributed by atoms with Crippen molar-refractivity contribution in [3.05, 3.63) is 35.6 Å². The largest absolute Gasteiger partial charge is 0.321 e. The molecule has 0 amide bonds. The smallest absolute Gasteiger partial charge is 0.146 e. The zero-order valence-corrected chi connectivity index (χ0v) is 7.46. The van der Waals surface area contributed by atoms with Gasteiger partial charge in [-0.05, 0) is 25.0 Å². The molecule has 1 rings (SSSR count). The summed E-state index contributed by atoms with van der Waals surface area (Å²) in [5.41, 5.74) is 5.99. The fraction of sp³-hybridized carbons (Fsp3) is 0.300. The number of benzene rings is 1. The molecule has 3 heteroatoms. The molecule has 0 saturated heterocycles. The molecule has 0 spiro atoms. The second-order valence-electron chi connectivity index (χ2n) is 3.01. The van der Waals surface area contributed by atoms with Gasteiger partial charge in [0.05, 0.1) is 6.04 Å². The summed E-state index contributed by atoms with van der Waals surface area (Å²) in [7, 11) is 0. The van der Waals surface area contributed by atoms with Crippen LogP contribution in [0.25, 0.3) is 0 Å². The van der Waals surface area contributed by atoms with Crippen LogP contribution >= 0.6 is 0 Å². The van der Waals surface area contributed by atoms with Gasteiger partial charge >= 0.3 is 0 Å². The van der Waals surface area contributed by atoms with E-state index in [1.807, 2.05) is 0 Å². The fourth-order valence-electron chi connectivity index (χ4n) is 1.04. The quantitative estimate of drug-likeness (QED) is 0.763. The van der Waals surface area contributed by atoms with Gasteiger partial charge in [-0.2, -0.15) is 0 Å². The minimum Gasteiger partial charge on any atom is -0.321 e. The van der Waals surface area contributed by atoms with E-state index in [9.17, 15) is 9.18 Å². The lowest BCUT2D eigenvalue weighted by Gasteiger charge is -2.07. The number of Topliss-reactive ketones (excluding diaryl/α,β-unsaturated/α-hetero) is 1. The van der Waals surface area contributed by atoms with Gasteiger partial charge in [0.15, 0.2) is 0 Å². The highest BCUT2D eigenvalue weighted by Crippen LogP contribution is 2.08. The second kappa shape index (κ2) is 4.14. The lowest BCUT2D eigenvalue weighted by molar-refractivity contribution is -0.118. The summed E-state index contributed by atoms with van der Waals surface area (Å²) in [5, 5.41) is 0. The topological polar surface area (TPSA) is 43.1 Å². The summed E-state index contributed by atoms with van der Waals surface area (Å²) in [6.45, 7) is 1.41. The van der Waals surface area contributed by atoms with Crippen molar-refractivity contribution in [2.45, 2.75) is 19.4 Å². The predicted octanol–water partition coefficient (Wildman–Crippen LogP) is 1.28. The van der Waals surface area contributed by atoms with Gasteiger partial charge in [0.1, 0.15) is 11.6 Å². The highest BCUT2D eigenvalue weighted by molar-refractivity contribution is 5.81. The van der Waals surface area contributed by atoms with E-state index >= 15 is 0 Å². The third kappa shape index (κ3) is 2.63. The number of rotatable bonds is 3. The third-order valence-corrected chi connectivity index (χ3v) is 1.92. The Bertz CT molecular complexity index is 312. The molecule has 0 aliphatic heterocycles. The van der Waals surface area contributed by atoms with Crippen LogP contribution in [0.15, 0.2) is 24.3 Å². The number of carbonyl (C=O) groups excluding carboxylic acids is 1. The second-order valence-corrected chi connectivity index (χ2v) is 3.01. The van der Waals surface area contributed by atoms with Crippen LogP contribution in [0.4, 0.5) is 4.39 Å². The van der Waals surface area contributed by atoms with Crippen molar-refractivity contribution in [3.8, 4) is 0 Å². The number of ketones is 1. The molecule has 0 aromatic heterocycles. The summed E-state index contributed by atoms with van der Waals surface area (Å²) < 4.78 is 13.0. The molecule has 1 atom stereocenters. The summed E-state index contributed by atoms with van der Waals surface area (Å²) in [4.78, 5) is 10.8. The first-order chi connectivity index (χ1) is 6.11. The van der Waals surface area contributed by atoms with Gasteiger partial charge in [-0.1, -0.05) is 18.2 Å². The number of hydrogen-bond donors (Lipinski definition) is 1. The van der Waals surface area contributed by atoms with Crippen LogP contribution in [0, 0.1) is 5.82 Å². The van der Waals surface area contributed by atoms with Gasteiger partial charge in [-0.25, -0.2) is 4.39 Å². The Morgan fingerprint density at radius 2 is 2.15 bits per heavy atom. The molecule has 1 aromatic carbocycles. The van der Waals surface area contributed by atoms with E-state index < -0.39 is 6.04 Å². The Balaban J connectivity index is 2.74. The van der Waals surface area contributed by atoms with Crippen molar-refractivity contribution in [3.63, 3.8) is 0 Å². The van der Waals surface area contributed by atoms with E-state index in [1.54, 1.807) is 18.2 Å². The number of hydrogen-bond acceptors (Lipinski definition) is 2. The van der Waals surface area contributed by atoms with Crippen molar-refractivity contribution < 1.29 is 9.18 Å². The van der Waals surface area contributed by atoms with Gasteiger partial charge in [-0.3, -0.25) is 4.79 Å². The molecule has 0 aliphatic carbocycles. The van der Waals surface area contributed by atoms with Crippen molar-refractivity contribution in [1.82, 2.24) is 0 Å². The molecule has 0 unspecified atom stereocenters. The summed E-state index contributed by atoms with van der Waals surface area (Å²) in [6.07, 6.45) is 0.266. The van der Waals surface area contributed by atoms with Gasteiger partial charge < -0.3 is 5.73 Å². The van der Waals surface area contributed by atoms with Crippen LogP contribution in [0.2, 0.25) is 0 Å². The van der Waals surface area contributed by atoms with Crippen molar-refractivity contribution in [1.29, 1.82) is 0 Å². The Morgan fingerprint density at radius 1 is 1.54 bits per heavy atom. The first kappa shape index (κ1) is 9.86. The van der Waals surface area contributed by atoms with Crippen LogP contribution in [-0.4, -0.2) is 11.8 Å². The molecule has 70 valence electrons. The number of nitrogens with two attached hydrogens (primary N) is 1.